The van der Waals surface area contributed by atoms with Gasteiger partial charge < -0.3 is 34.6 Å². The van der Waals surface area contributed by atoms with Crippen LogP contribution in [0.4, 0.5) is 0 Å². The maximum absolute atomic E-state index is 12.1. The maximum Gasteiger partial charge on any atom is 0.330 e. The molecular formula is C26H44O9. The number of epoxide rings is 1. The zero-order valence-corrected chi connectivity index (χ0v) is 21.3. The molecule has 0 spiro atoms. The largest absolute Gasteiger partial charge is 0.481 e. The molecule has 0 aliphatic carbocycles. The van der Waals surface area contributed by atoms with Gasteiger partial charge in [0.15, 0.2) is 0 Å². The van der Waals surface area contributed by atoms with Gasteiger partial charge >= 0.3 is 11.9 Å². The molecule has 2 fully saturated rings. The van der Waals surface area contributed by atoms with E-state index in [1.54, 1.807) is 13.8 Å². The van der Waals surface area contributed by atoms with E-state index in [1.807, 2.05) is 6.92 Å². The molecule has 0 saturated carbocycles. The molecule has 2 rings (SSSR count). The van der Waals surface area contributed by atoms with Gasteiger partial charge in [-0.3, -0.25) is 4.79 Å². The van der Waals surface area contributed by atoms with Gasteiger partial charge in [0.2, 0.25) is 0 Å². The monoisotopic (exact) mass is 500 g/mol. The highest BCUT2D eigenvalue weighted by atomic mass is 16.6. The lowest BCUT2D eigenvalue weighted by atomic mass is 9.85. The number of hydrogen-bond acceptors (Lipinski definition) is 8. The summed E-state index contributed by atoms with van der Waals surface area (Å²) in [7, 11) is 0. The Morgan fingerprint density at radius 2 is 1.69 bits per heavy atom. The molecule has 9 nitrogen and oxygen atoms in total. The third kappa shape index (κ3) is 10.6. The van der Waals surface area contributed by atoms with Crippen molar-refractivity contribution in [3.8, 4) is 0 Å². The lowest BCUT2D eigenvalue weighted by Crippen LogP contribution is -2.50. The van der Waals surface area contributed by atoms with Crippen LogP contribution in [0.5, 0.6) is 0 Å². The summed E-state index contributed by atoms with van der Waals surface area (Å²) in [5.74, 6) is -1.42. The van der Waals surface area contributed by atoms with Gasteiger partial charge in [-0.25, -0.2) is 4.79 Å². The third-order valence-electron chi connectivity index (χ3n) is 7.09. The van der Waals surface area contributed by atoms with E-state index in [9.17, 15) is 24.9 Å². The number of carbonyl (C=O) groups excluding carboxylic acids is 1. The number of aliphatic carboxylic acids is 1. The number of aliphatic hydroxyl groups excluding tert-OH is 3. The molecular weight excluding hydrogens is 456 g/mol. The maximum atomic E-state index is 12.1. The van der Waals surface area contributed by atoms with E-state index in [2.05, 4.69) is 0 Å². The lowest BCUT2D eigenvalue weighted by molar-refractivity contribution is -0.165. The van der Waals surface area contributed by atoms with Crippen molar-refractivity contribution in [2.75, 3.05) is 13.2 Å². The molecule has 0 bridgehead atoms. The molecule has 0 unspecified atom stereocenters. The fourth-order valence-corrected chi connectivity index (χ4v) is 4.59. The Balaban J connectivity index is 1.62. The predicted octanol–water partition coefficient (Wildman–Crippen LogP) is 2.59. The average Bonchev–Trinajstić information content (AvgIpc) is 3.55. The van der Waals surface area contributed by atoms with E-state index in [4.69, 9.17) is 19.3 Å². The first kappa shape index (κ1) is 29.7. The van der Waals surface area contributed by atoms with Crippen molar-refractivity contribution < 1.29 is 44.2 Å². The molecule has 2 aliphatic rings. The normalized spacial score (nSPS) is 30.5. The van der Waals surface area contributed by atoms with E-state index < -0.39 is 36.4 Å². The second-order valence-corrected chi connectivity index (χ2v) is 10.2. The Morgan fingerprint density at radius 1 is 1.03 bits per heavy atom. The van der Waals surface area contributed by atoms with Gasteiger partial charge in [0.1, 0.15) is 6.10 Å². The fourth-order valence-electron chi connectivity index (χ4n) is 4.59. The molecule has 202 valence electrons. The Morgan fingerprint density at radius 3 is 2.34 bits per heavy atom. The van der Waals surface area contributed by atoms with Gasteiger partial charge in [-0.05, 0) is 39.5 Å². The molecule has 2 saturated heterocycles. The first-order valence-corrected chi connectivity index (χ1v) is 13.0. The number of ether oxygens (including phenoxy) is 3. The Bertz CT molecular complexity index is 692. The van der Waals surface area contributed by atoms with Gasteiger partial charge in [-0.1, -0.05) is 38.2 Å². The predicted molar refractivity (Wildman–Crippen MR) is 129 cm³/mol. The van der Waals surface area contributed by atoms with Gasteiger partial charge in [0.25, 0.3) is 0 Å². The number of carboxylic acids is 1. The van der Waals surface area contributed by atoms with Crippen LogP contribution < -0.4 is 0 Å². The van der Waals surface area contributed by atoms with Crippen LogP contribution in [0.15, 0.2) is 11.6 Å². The van der Waals surface area contributed by atoms with Crippen LogP contribution >= 0.6 is 0 Å². The molecule has 0 aromatic carbocycles. The quantitative estimate of drug-likeness (QED) is 0.109. The van der Waals surface area contributed by atoms with Crippen LogP contribution in [0.25, 0.3) is 0 Å². The van der Waals surface area contributed by atoms with Gasteiger partial charge in [0, 0.05) is 24.3 Å². The van der Waals surface area contributed by atoms with Gasteiger partial charge in [-0.2, -0.15) is 0 Å². The van der Waals surface area contributed by atoms with Crippen LogP contribution in [-0.2, 0) is 23.8 Å². The minimum absolute atomic E-state index is 0.0160. The summed E-state index contributed by atoms with van der Waals surface area (Å²) in [6.45, 7) is 6.07. The molecule has 9 heteroatoms. The number of unbranched alkanes of at least 4 members (excludes halogenated alkanes) is 5. The lowest BCUT2D eigenvalue weighted by Gasteiger charge is -2.38. The van der Waals surface area contributed by atoms with Crippen molar-refractivity contribution in [2.24, 2.45) is 11.8 Å². The van der Waals surface area contributed by atoms with Crippen LogP contribution in [-0.4, -0.2) is 82.2 Å². The molecule has 0 aromatic heterocycles. The summed E-state index contributed by atoms with van der Waals surface area (Å²) >= 11 is 0. The van der Waals surface area contributed by atoms with E-state index in [0.717, 1.165) is 32.1 Å². The van der Waals surface area contributed by atoms with Crippen molar-refractivity contribution in [3.05, 3.63) is 11.6 Å². The summed E-state index contributed by atoms with van der Waals surface area (Å²) in [4.78, 5) is 22.5. The number of rotatable bonds is 16. The number of esters is 1. The molecule has 0 aromatic rings. The zero-order valence-electron chi connectivity index (χ0n) is 21.3. The Kier molecular flexibility index (Phi) is 12.6. The second-order valence-electron chi connectivity index (χ2n) is 10.2. The number of carboxylic acid groups (broad SMARTS) is 1. The average molecular weight is 501 g/mol. The molecule has 35 heavy (non-hydrogen) atoms. The van der Waals surface area contributed by atoms with Crippen LogP contribution in [0.2, 0.25) is 0 Å². The topological polar surface area (TPSA) is 146 Å². The second kappa shape index (κ2) is 14.9. The van der Waals surface area contributed by atoms with Gasteiger partial charge in [-0.15, -0.1) is 0 Å². The summed E-state index contributed by atoms with van der Waals surface area (Å²) in [6, 6.07) is 0. The van der Waals surface area contributed by atoms with Gasteiger partial charge in [0.05, 0.1) is 43.7 Å². The minimum Gasteiger partial charge on any atom is -0.481 e. The summed E-state index contributed by atoms with van der Waals surface area (Å²) in [6.07, 6.45) is 4.61. The highest BCUT2D eigenvalue weighted by Gasteiger charge is 2.48. The van der Waals surface area contributed by atoms with Crippen LogP contribution in [0.1, 0.15) is 78.6 Å². The van der Waals surface area contributed by atoms with E-state index >= 15 is 0 Å². The molecule has 4 N–H and O–H groups in total. The van der Waals surface area contributed by atoms with Crippen molar-refractivity contribution in [1.82, 2.24) is 0 Å². The summed E-state index contributed by atoms with van der Waals surface area (Å²) < 4.78 is 16.7. The number of hydrogen-bond donors (Lipinski definition) is 4. The minimum atomic E-state index is -1.06. The highest BCUT2D eigenvalue weighted by molar-refractivity contribution is 5.82. The molecule has 2 aliphatic heterocycles. The van der Waals surface area contributed by atoms with Crippen molar-refractivity contribution in [3.63, 3.8) is 0 Å². The smallest absolute Gasteiger partial charge is 0.330 e. The molecule has 0 radical (unpaired) electrons. The summed E-state index contributed by atoms with van der Waals surface area (Å²) in [5.41, 5.74) is 0.708. The standard InChI is InChI=1S/C26H44O9/c1-16(13-23(30)33-11-9-7-5-4-6-8-10-22(28)29)12-20-25(32)24(31)19(15-34-20)14-21-26(35-21)17(2)18(3)27/h13,17-21,24-27,31-32H,4-12,14-15H2,1-3H3,(H,28,29)/b16-13+/t17-,18+,19+,20-,21-,24-,25-,26-/m1/s1. The zero-order chi connectivity index (χ0) is 26.0. The molecule has 2 heterocycles. The van der Waals surface area contributed by atoms with Crippen LogP contribution in [0.3, 0.4) is 0 Å². The Labute approximate surface area is 208 Å². The van der Waals surface area contributed by atoms with Crippen molar-refractivity contribution >= 4 is 11.9 Å². The highest BCUT2D eigenvalue weighted by Crippen LogP contribution is 2.38. The Hall–Kier alpha value is -1.52. The summed E-state index contributed by atoms with van der Waals surface area (Å²) in [5, 5.41) is 39.5. The van der Waals surface area contributed by atoms with Crippen molar-refractivity contribution in [2.45, 2.75) is 115 Å². The van der Waals surface area contributed by atoms with Crippen molar-refractivity contribution in [1.29, 1.82) is 0 Å². The van der Waals surface area contributed by atoms with E-state index in [1.165, 1.54) is 6.08 Å². The molecule has 0 amide bonds. The van der Waals surface area contributed by atoms with E-state index in [-0.39, 0.29) is 30.5 Å². The van der Waals surface area contributed by atoms with Crippen LogP contribution in [0, 0.1) is 11.8 Å². The number of carbonyl (C=O) groups is 2. The first-order chi connectivity index (χ1) is 16.6. The molecule has 8 atom stereocenters. The third-order valence-corrected chi connectivity index (χ3v) is 7.09. The SMILES string of the molecule is C/C(=C\C(=O)OCCCCCCCCC(=O)O)C[C@H]1OC[C@H](C[C@H]2O[C@@H]2[C@H](C)[C@H](C)O)[C@@H](O)[C@@H]1O. The fraction of sp³-hybridized carbons (Fsp3) is 0.846. The first-order valence-electron chi connectivity index (χ1n) is 13.0. The number of aliphatic hydroxyl groups is 3. The van der Waals surface area contributed by atoms with E-state index in [0.29, 0.717) is 38.0 Å².